The van der Waals surface area contributed by atoms with Crippen molar-refractivity contribution < 1.29 is 22.4 Å². The van der Waals surface area contributed by atoms with Gasteiger partial charge in [0.05, 0.1) is 17.7 Å². The second kappa shape index (κ2) is 12.7. The molecule has 9 nitrogen and oxygen atoms in total. The van der Waals surface area contributed by atoms with Crippen molar-refractivity contribution in [3.63, 3.8) is 0 Å². The number of carbonyl (C=O) groups excluding carboxylic acids is 2. The van der Waals surface area contributed by atoms with E-state index in [2.05, 4.69) is 15.8 Å². The van der Waals surface area contributed by atoms with E-state index in [0.717, 1.165) is 16.7 Å². The van der Waals surface area contributed by atoms with Gasteiger partial charge in [0.25, 0.3) is 0 Å². The van der Waals surface area contributed by atoms with E-state index < -0.39 is 21.8 Å². The molecule has 0 aliphatic rings. The number of benzene rings is 3. The highest BCUT2D eigenvalue weighted by atomic mass is 35.5. The molecule has 0 radical (unpaired) electrons. The average Bonchev–Trinajstić information content (AvgIpc) is 3.38. The van der Waals surface area contributed by atoms with Gasteiger partial charge >= 0.3 is 11.8 Å². The minimum atomic E-state index is -3.89. The summed E-state index contributed by atoms with van der Waals surface area (Å²) in [5.41, 5.74) is 5.25. The zero-order valence-corrected chi connectivity index (χ0v) is 23.4. The summed E-state index contributed by atoms with van der Waals surface area (Å²) in [6.07, 6.45) is 1.22. The van der Waals surface area contributed by atoms with Gasteiger partial charge in [0.2, 0.25) is 10.0 Å². The summed E-state index contributed by atoms with van der Waals surface area (Å²) in [6.45, 7) is 3.76. The Kier molecular flexibility index (Phi) is 9.15. The maximum absolute atomic E-state index is 13.5. The molecule has 3 aromatic carbocycles. The normalized spacial score (nSPS) is 11.6. The van der Waals surface area contributed by atoms with Gasteiger partial charge in [-0.25, -0.2) is 13.8 Å². The van der Waals surface area contributed by atoms with Crippen LogP contribution >= 0.6 is 11.6 Å². The first-order valence-corrected chi connectivity index (χ1v) is 14.0. The summed E-state index contributed by atoms with van der Waals surface area (Å²) < 4.78 is 34.0. The van der Waals surface area contributed by atoms with Crippen LogP contribution < -0.4 is 10.7 Å². The largest absolute Gasteiger partial charge is 0.459 e. The Bertz CT molecular complexity index is 1630. The second-order valence-electron chi connectivity index (χ2n) is 8.99. The number of hydrogen-bond acceptors (Lipinski definition) is 6. The average molecular weight is 579 g/mol. The first-order chi connectivity index (χ1) is 19.1. The van der Waals surface area contributed by atoms with Crippen LogP contribution in [0.25, 0.3) is 0 Å². The number of amides is 2. The van der Waals surface area contributed by atoms with Gasteiger partial charge < -0.3 is 9.73 Å². The number of hydrazone groups is 1. The Morgan fingerprint density at radius 1 is 0.925 bits per heavy atom. The maximum atomic E-state index is 13.5. The van der Waals surface area contributed by atoms with Crippen molar-refractivity contribution >= 4 is 45.3 Å². The number of anilines is 1. The van der Waals surface area contributed by atoms with Crippen LogP contribution in [0.5, 0.6) is 0 Å². The Labute approximate surface area is 237 Å². The molecule has 2 N–H and O–H groups in total. The fraction of sp³-hybridized carbons (Fsp3) is 0.138. The van der Waals surface area contributed by atoms with Crippen molar-refractivity contribution in [2.75, 3.05) is 5.32 Å². The van der Waals surface area contributed by atoms with Crippen molar-refractivity contribution in [1.29, 1.82) is 0 Å². The molecule has 0 unspecified atom stereocenters. The fourth-order valence-corrected chi connectivity index (χ4v) is 5.27. The molecule has 0 aliphatic heterocycles. The van der Waals surface area contributed by atoms with Gasteiger partial charge in [0.1, 0.15) is 11.5 Å². The van der Waals surface area contributed by atoms with Crippen molar-refractivity contribution in [3.8, 4) is 0 Å². The van der Waals surface area contributed by atoms with Gasteiger partial charge in [-0.3, -0.25) is 9.59 Å². The number of carbonyl (C=O) groups is 2. The smallest absolute Gasteiger partial charge is 0.329 e. The van der Waals surface area contributed by atoms with E-state index in [1.807, 2.05) is 56.3 Å². The molecule has 0 saturated carbocycles. The molecule has 1 heterocycles. The highest BCUT2D eigenvalue weighted by molar-refractivity contribution is 7.89. The van der Waals surface area contributed by atoms with Gasteiger partial charge in [-0.2, -0.15) is 9.41 Å². The third kappa shape index (κ3) is 7.44. The molecule has 11 heteroatoms. The molecule has 2 amide bonds. The maximum Gasteiger partial charge on any atom is 0.329 e. The van der Waals surface area contributed by atoms with E-state index >= 15 is 0 Å². The summed E-state index contributed by atoms with van der Waals surface area (Å²) >= 11 is 5.95. The molecule has 0 saturated heterocycles. The van der Waals surface area contributed by atoms with E-state index in [-0.39, 0.29) is 23.7 Å². The van der Waals surface area contributed by atoms with Gasteiger partial charge in [0, 0.05) is 17.3 Å². The zero-order valence-electron chi connectivity index (χ0n) is 21.8. The summed E-state index contributed by atoms with van der Waals surface area (Å²) in [6, 6.07) is 23.9. The first-order valence-electron chi connectivity index (χ1n) is 12.2. The van der Waals surface area contributed by atoms with E-state index in [1.54, 1.807) is 18.2 Å². The fourth-order valence-electron chi connectivity index (χ4n) is 3.75. The monoisotopic (exact) mass is 578 g/mol. The van der Waals surface area contributed by atoms with Crippen LogP contribution in [0.3, 0.4) is 0 Å². The van der Waals surface area contributed by atoms with Crippen LogP contribution in [0.4, 0.5) is 5.69 Å². The Balaban J connectivity index is 1.43. The van der Waals surface area contributed by atoms with E-state index in [0.29, 0.717) is 16.5 Å². The SMILES string of the molecule is Cc1ccc(C)c(NC(=O)C(=O)N/N=C/c2ccc(CN(Cc3ccccc3)S(=O)(=O)c3ccc(Cl)cc3)o2)c1. The molecule has 0 aliphatic carbocycles. The number of nitrogens with zero attached hydrogens (tertiary/aromatic N) is 2. The van der Waals surface area contributed by atoms with E-state index in [9.17, 15) is 18.0 Å². The molecule has 40 heavy (non-hydrogen) atoms. The summed E-state index contributed by atoms with van der Waals surface area (Å²) in [5, 5.41) is 6.77. The minimum absolute atomic E-state index is 0.0572. The highest BCUT2D eigenvalue weighted by Crippen LogP contribution is 2.23. The third-order valence-corrected chi connectivity index (χ3v) is 7.93. The van der Waals surface area contributed by atoms with Gasteiger partial charge in [0.15, 0.2) is 0 Å². The molecule has 0 fully saturated rings. The number of halogens is 1. The first kappa shape index (κ1) is 28.8. The van der Waals surface area contributed by atoms with Crippen molar-refractivity contribution in [1.82, 2.24) is 9.73 Å². The van der Waals surface area contributed by atoms with Gasteiger partial charge in [-0.15, -0.1) is 0 Å². The number of furan rings is 1. The second-order valence-corrected chi connectivity index (χ2v) is 11.4. The molecular weight excluding hydrogens is 552 g/mol. The quantitative estimate of drug-likeness (QED) is 0.164. The molecule has 1 aromatic heterocycles. The number of aryl methyl sites for hydroxylation is 2. The summed E-state index contributed by atoms with van der Waals surface area (Å²) in [5.74, 6) is -1.20. The third-order valence-electron chi connectivity index (χ3n) is 5.87. The number of hydrogen-bond donors (Lipinski definition) is 2. The number of rotatable bonds is 9. The lowest BCUT2D eigenvalue weighted by Gasteiger charge is -2.21. The molecule has 4 aromatic rings. The molecule has 4 rings (SSSR count). The van der Waals surface area contributed by atoms with Crippen LogP contribution in [-0.4, -0.2) is 30.8 Å². The Morgan fingerprint density at radius 3 is 2.38 bits per heavy atom. The van der Waals surface area contributed by atoms with E-state index in [1.165, 1.54) is 34.8 Å². The molecule has 0 spiro atoms. The highest BCUT2D eigenvalue weighted by Gasteiger charge is 2.26. The summed E-state index contributed by atoms with van der Waals surface area (Å²) in [4.78, 5) is 24.5. The molecule has 206 valence electrons. The van der Waals surface area contributed by atoms with Crippen LogP contribution in [0.1, 0.15) is 28.2 Å². The minimum Gasteiger partial charge on any atom is -0.459 e. The standard InChI is InChI=1S/C29H27ClN4O5S/c1-20-8-9-21(2)27(16-20)32-28(35)29(36)33-31-17-24-12-13-25(39-24)19-34(18-22-6-4-3-5-7-22)40(37,38)26-14-10-23(30)11-15-26/h3-17H,18-19H2,1-2H3,(H,32,35)(H,33,36)/b31-17+. The van der Waals surface area contributed by atoms with Crippen molar-refractivity contribution in [3.05, 3.63) is 118 Å². The number of sulfonamides is 1. The number of nitrogens with one attached hydrogen (secondary N) is 2. The molecule has 0 bridgehead atoms. The molecular formula is C29H27ClN4O5S. The summed E-state index contributed by atoms with van der Waals surface area (Å²) in [7, 11) is -3.89. The van der Waals surface area contributed by atoms with Crippen LogP contribution in [0.2, 0.25) is 5.02 Å². The Morgan fingerprint density at radius 2 is 1.65 bits per heavy atom. The van der Waals surface area contributed by atoms with Crippen molar-refractivity contribution in [2.24, 2.45) is 5.10 Å². The zero-order chi connectivity index (χ0) is 28.7. The van der Waals surface area contributed by atoms with Gasteiger partial charge in [-0.1, -0.05) is 54.1 Å². The molecule has 0 atom stereocenters. The lowest BCUT2D eigenvalue weighted by atomic mass is 10.1. The van der Waals surface area contributed by atoms with Crippen LogP contribution in [-0.2, 0) is 32.7 Å². The van der Waals surface area contributed by atoms with Crippen molar-refractivity contribution in [2.45, 2.75) is 31.8 Å². The lowest BCUT2D eigenvalue weighted by Crippen LogP contribution is -2.32. The predicted octanol–water partition coefficient (Wildman–Crippen LogP) is 5.03. The van der Waals surface area contributed by atoms with Crippen LogP contribution in [0.15, 0.2) is 99.3 Å². The van der Waals surface area contributed by atoms with Gasteiger partial charge in [-0.05, 0) is 73.0 Å². The van der Waals surface area contributed by atoms with E-state index in [4.69, 9.17) is 16.0 Å². The lowest BCUT2D eigenvalue weighted by molar-refractivity contribution is -0.136. The predicted molar refractivity (Wildman–Crippen MR) is 153 cm³/mol. The topological polar surface area (TPSA) is 121 Å². The Hall–Kier alpha value is -4.25. The van der Waals surface area contributed by atoms with Crippen LogP contribution in [0, 0.1) is 13.8 Å².